The van der Waals surface area contributed by atoms with Gasteiger partial charge in [-0.1, -0.05) is 25.1 Å². The summed E-state index contributed by atoms with van der Waals surface area (Å²) in [5.74, 6) is 0.762. The molecule has 0 aliphatic carbocycles. The first kappa shape index (κ1) is 19.1. The van der Waals surface area contributed by atoms with Crippen LogP contribution in [0.5, 0.6) is 11.5 Å². The van der Waals surface area contributed by atoms with E-state index in [9.17, 15) is 10.1 Å². The zero-order valence-electron chi connectivity index (χ0n) is 15.2. The molecule has 0 saturated carbocycles. The molecule has 2 rings (SSSR count). The first-order valence-electron chi connectivity index (χ1n) is 8.38. The third kappa shape index (κ3) is 4.87. The van der Waals surface area contributed by atoms with Crippen molar-refractivity contribution in [3.05, 3.63) is 59.2 Å². The molecule has 5 heteroatoms. The molecule has 0 spiro atoms. The second-order valence-electron chi connectivity index (χ2n) is 5.69. The second kappa shape index (κ2) is 9.28. The predicted molar refractivity (Wildman–Crippen MR) is 102 cm³/mol. The number of rotatable bonds is 7. The molecule has 0 heterocycles. The third-order valence-electron chi connectivity index (χ3n) is 3.74. The molecule has 0 aliphatic heterocycles. The Labute approximate surface area is 153 Å². The molecule has 26 heavy (non-hydrogen) atoms. The quantitative estimate of drug-likeness (QED) is 0.596. The van der Waals surface area contributed by atoms with E-state index in [4.69, 9.17) is 9.47 Å². The van der Waals surface area contributed by atoms with Crippen molar-refractivity contribution in [2.75, 3.05) is 19.0 Å². The molecule has 0 atom stereocenters. The van der Waals surface area contributed by atoms with Gasteiger partial charge in [-0.3, -0.25) is 4.79 Å². The van der Waals surface area contributed by atoms with Crippen LogP contribution in [0.2, 0.25) is 0 Å². The average Bonchev–Trinajstić information content (AvgIpc) is 2.66. The van der Waals surface area contributed by atoms with E-state index in [1.165, 1.54) is 6.08 Å². The number of aryl methyl sites for hydroxylation is 1. The van der Waals surface area contributed by atoms with E-state index < -0.39 is 5.91 Å². The van der Waals surface area contributed by atoms with Crippen molar-refractivity contribution in [3.8, 4) is 17.6 Å². The number of anilines is 1. The minimum Gasteiger partial charge on any atom is -0.497 e. The zero-order valence-corrected chi connectivity index (χ0v) is 15.2. The molecule has 0 fully saturated rings. The van der Waals surface area contributed by atoms with Gasteiger partial charge in [-0.2, -0.15) is 5.26 Å². The molecule has 1 N–H and O–H groups in total. The number of ether oxygens (including phenoxy) is 2. The predicted octanol–water partition coefficient (Wildman–Crippen LogP) is 4.34. The molecule has 1 amide bonds. The first-order chi connectivity index (χ1) is 12.6. The lowest BCUT2D eigenvalue weighted by Crippen LogP contribution is -2.14. The highest BCUT2D eigenvalue weighted by Gasteiger charge is 2.13. The van der Waals surface area contributed by atoms with Crippen LogP contribution in [0, 0.1) is 18.3 Å². The van der Waals surface area contributed by atoms with E-state index in [0.29, 0.717) is 29.4 Å². The number of hydrogen-bond donors (Lipinski definition) is 1. The number of nitrogens with one attached hydrogen (secondary N) is 1. The van der Waals surface area contributed by atoms with Crippen molar-refractivity contribution in [2.45, 2.75) is 20.3 Å². The summed E-state index contributed by atoms with van der Waals surface area (Å²) in [5.41, 5.74) is 2.25. The number of methoxy groups -OCH3 is 1. The van der Waals surface area contributed by atoms with Gasteiger partial charge in [0.2, 0.25) is 0 Å². The van der Waals surface area contributed by atoms with Crippen molar-refractivity contribution in [1.82, 2.24) is 0 Å². The van der Waals surface area contributed by atoms with Crippen LogP contribution >= 0.6 is 0 Å². The van der Waals surface area contributed by atoms with E-state index in [1.54, 1.807) is 31.4 Å². The number of para-hydroxylation sites is 1. The van der Waals surface area contributed by atoms with Gasteiger partial charge in [0.1, 0.15) is 23.1 Å². The van der Waals surface area contributed by atoms with Gasteiger partial charge in [0.25, 0.3) is 5.91 Å². The highest BCUT2D eigenvalue weighted by atomic mass is 16.5. The van der Waals surface area contributed by atoms with Crippen molar-refractivity contribution in [1.29, 1.82) is 5.26 Å². The Kier molecular flexibility index (Phi) is 6.81. The Hall–Kier alpha value is -3.26. The van der Waals surface area contributed by atoms with Crippen LogP contribution in [-0.4, -0.2) is 19.6 Å². The average molecular weight is 350 g/mol. The van der Waals surface area contributed by atoms with Crippen molar-refractivity contribution < 1.29 is 14.3 Å². The number of amides is 1. The molecule has 2 aromatic rings. The fraction of sp³-hybridized carbons (Fsp3) is 0.238. The number of carbonyl (C=O) groups is 1. The summed E-state index contributed by atoms with van der Waals surface area (Å²) in [6, 6.07) is 14.7. The maximum atomic E-state index is 12.5. The maximum absolute atomic E-state index is 12.5. The summed E-state index contributed by atoms with van der Waals surface area (Å²) in [6.45, 7) is 4.43. The molecule has 2 aromatic carbocycles. The molecule has 0 radical (unpaired) electrons. The number of hydrogen-bond acceptors (Lipinski definition) is 4. The molecular weight excluding hydrogens is 328 g/mol. The summed E-state index contributed by atoms with van der Waals surface area (Å²) in [5, 5.41) is 12.2. The minimum absolute atomic E-state index is 0.000214. The third-order valence-corrected chi connectivity index (χ3v) is 3.74. The molecule has 0 saturated heterocycles. The highest BCUT2D eigenvalue weighted by Crippen LogP contribution is 2.27. The number of nitriles is 1. The minimum atomic E-state index is -0.459. The van der Waals surface area contributed by atoms with Crippen LogP contribution < -0.4 is 14.8 Å². The fourth-order valence-corrected chi connectivity index (χ4v) is 2.30. The van der Waals surface area contributed by atoms with E-state index in [1.807, 2.05) is 38.1 Å². The van der Waals surface area contributed by atoms with Gasteiger partial charge in [0.15, 0.2) is 0 Å². The number of nitrogens with zero attached hydrogens (tertiary/aromatic N) is 1. The van der Waals surface area contributed by atoms with Gasteiger partial charge in [0, 0.05) is 17.3 Å². The number of benzene rings is 2. The Balaban J connectivity index is 2.31. The SMILES string of the molecule is CCCOc1cc(OC)ccc1/C=C(\C#N)C(=O)Nc1ccccc1C. The largest absolute Gasteiger partial charge is 0.497 e. The Morgan fingerprint density at radius 2 is 2.04 bits per heavy atom. The molecule has 134 valence electrons. The first-order valence-corrected chi connectivity index (χ1v) is 8.38. The van der Waals surface area contributed by atoms with Crippen molar-refractivity contribution in [3.63, 3.8) is 0 Å². The molecule has 0 unspecified atom stereocenters. The number of carbonyl (C=O) groups excluding carboxylic acids is 1. The standard InChI is InChI=1S/C21H22N2O3/c1-4-11-26-20-13-18(25-3)10-9-16(20)12-17(14-22)21(24)23-19-8-6-5-7-15(19)2/h5-10,12-13H,4,11H2,1-3H3,(H,23,24)/b17-12+. The molecule has 5 nitrogen and oxygen atoms in total. The smallest absolute Gasteiger partial charge is 0.266 e. The fourth-order valence-electron chi connectivity index (χ4n) is 2.30. The lowest BCUT2D eigenvalue weighted by molar-refractivity contribution is -0.112. The van der Waals surface area contributed by atoms with Crippen LogP contribution in [0.3, 0.4) is 0 Å². The topological polar surface area (TPSA) is 71.3 Å². The van der Waals surface area contributed by atoms with Gasteiger partial charge in [0.05, 0.1) is 13.7 Å². The van der Waals surface area contributed by atoms with Crippen molar-refractivity contribution in [2.24, 2.45) is 0 Å². The van der Waals surface area contributed by atoms with Crippen LogP contribution in [0.15, 0.2) is 48.0 Å². The normalized spacial score (nSPS) is 10.8. The molecule has 0 bridgehead atoms. The van der Waals surface area contributed by atoms with Crippen molar-refractivity contribution >= 4 is 17.7 Å². The summed E-state index contributed by atoms with van der Waals surface area (Å²) >= 11 is 0. The van der Waals surface area contributed by atoms with Gasteiger partial charge in [-0.25, -0.2) is 0 Å². The molecule has 0 aliphatic rings. The monoisotopic (exact) mass is 350 g/mol. The Bertz CT molecular complexity index is 851. The van der Waals surface area contributed by atoms with Crippen LogP contribution in [0.25, 0.3) is 6.08 Å². The Morgan fingerprint density at radius 1 is 1.27 bits per heavy atom. The molecular formula is C21H22N2O3. The summed E-state index contributed by atoms with van der Waals surface area (Å²) in [4.78, 5) is 12.5. The summed E-state index contributed by atoms with van der Waals surface area (Å²) < 4.78 is 10.9. The Morgan fingerprint density at radius 3 is 2.69 bits per heavy atom. The maximum Gasteiger partial charge on any atom is 0.266 e. The van der Waals surface area contributed by atoms with Gasteiger partial charge in [-0.15, -0.1) is 0 Å². The lowest BCUT2D eigenvalue weighted by atomic mass is 10.1. The molecule has 0 aromatic heterocycles. The highest BCUT2D eigenvalue weighted by molar-refractivity contribution is 6.10. The van der Waals surface area contributed by atoms with Gasteiger partial charge in [-0.05, 0) is 43.2 Å². The second-order valence-corrected chi connectivity index (χ2v) is 5.69. The zero-order chi connectivity index (χ0) is 18.9. The van der Waals surface area contributed by atoms with Crippen LogP contribution in [0.4, 0.5) is 5.69 Å². The van der Waals surface area contributed by atoms with Crippen LogP contribution in [0.1, 0.15) is 24.5 Å². The summed E-state index contributed by atoms with van der Waals surface area (Å²) in [7, 11) is 1.57. The lowest BCUT2D eigenvalue weighted by Gasteiger charge is -2.11. The van der Waals surface area contributed by atoms with Crippen LogP contribution in [-0.2, 0) is 4.79 Å². The van der Waals surface area contributed by atoms with E-state index in [2.05, 4.69) is 5.32 Å². The van der Waals surface area contributed by atoms with E-state index in [0.717, 1.165) is 12.0 Å². The van der Waals surface area contributed by atoms with E-state index >= 15 is 0 Å². The van der Waals surface area contributed by atoms with Gasteiger partial charge >= 0.3 is 0 Å². The summed E-state index contributed by atoms with van der Waals surface area (Å²) in [6.07, 6.45) is 2.37. The van der Waals surface area contributed by atoms with E-state index in [-0.39, 0.29) is 5.57 Å². The van der Waals surface area contributed by atoms with Gasteiger partial charge < -0.3 is 14.8 Å².